The smallest absolute Gasteiger partial charge is 0.311 e. The van der Waals surface area contributed by atoms with Gasteiger partial charge in [0.1, 0.15) is 11.5 Å². The Kier molecular flexibility index (Phi) is 7.34. The first-order valence-electron chi connectivity index (χ1n) is 12.4. The molecule has 1 atom stereocenters. The molecule has 2 N–H and O–H groups in total. The fourth-order valence-electron chi connectivity index (χ4n) is 4.67. The van der Waals surface area contributed by atoms with Crippen molar-refractivity contribution < 1.29 is 29.5 Å². The zero-order valence-electron chi connectivity index (χ0n) is 22.3. The second kappa shape index (κ2) is 10.5. The number of hydrogen-bond donors (Lipinski definition) is 2. The summed E-state index contributed by atoms with van der Waals surface area (Å²) < 4.78 is 5.76. The van der Waals surface area contributed by atoms with Crippen LogP contribution in [0.4, 0.5) is 11.4 Å². The maximum absolute atomic E-state index is 13.5. The van der Waals surface area contributed by atoms with Gasteiger partial charge in [0.2, 0.25) is 0 Å². The van der Waals surface area contributed by atoms with Gasteiger partial charge >= 0.3 is 5.69 Å². The van der Waals surface area contributed by atoms with Gasteiger partial charge in [0, 0.05) is 22.9 Å². The molecule has 0 spiro atoms. The third-order valence-electron chi connectivity index (χ3n) is 6.59. The molecule has 0 radical (unpaired) electrons. The van der Waals surface area contributed by atoms with Crippen molar-refractivity contribution in [3.05, 3.63) is 98.6 Å². The Morgan fingerprint density at radius 2 is 1.77 bits per heavy atom. The number of aromatic hydroxyl groups is 1. The lowest BCUT2D eigenvalue weighted by molar-refractivity contribution is -0.385. The fraction of sp³-hybridized carbons (Fsp3) is 0.233. The minimum absolute atomic E-state index is 0.122. The first-order valence-corrected chi connectivity index (χ1v) is 12.4. The molecular formula is C30H27N3O7. The highest BCUT2D eigenvalue weighted by Crippen LogP contribution is 2.44. The summed E-state index contributed by atoms with van der Waals surface area (Å²) >= 11 is 0. The average Bonchev–Trinajstić information content (AvgIpc) is 3.18. The number of nitriles is 1. The molecule has 1 heterocycles. The number of ketones is 1. The van der Waals surface area contributed by atoms with Gasteiger partial charge in [-0.3, -0.25) is 24.6 Å². The van der Waals surface area contributed by atoms with Crippen molar-refractivity contribution in [1.29, 1.82) is 5.26 Å². The lowest BCUT2D eigenvalue weighted by Gasteiger charge is -2.26. The second-order valence-corrected chi connectivity index (χ2v) is 10.2. The van der Waals surface area contributed by atoms with E-state index >= 15 is 0 Å². The Morgan fingerprint density at radius 3 is 2.35 bits per heavy atom. The van der Waals surface area contributed by atoms with E-state index in [1.165, 1.54) is 30.3 Å². The number of phenolic OH excluding ortho intramolecular Hbond substituents is 1. The average molecular weight is 542 g/mol. The monoisotopic (exact) mass is 541 g/mol. The van der Waals surface area contributed by atoms with Gasteiger partial charge in [0.15, 0.2) is 5.75 Å². The number of rotatable bonds is 6. The van der Waals surface area contributed by atoms with E-state index < -0.39 is 45.3 Å². The van der Waals surface area contributed by atoms with Crippen LogP contribution in [0, 0.1) is 21.4 Å². The topological polar surface area (TPSA) is 154 Å². The van der Waals surface area contributed by atoms with Crippen molar-refractivity contribution >= 4 is 28.8 Å². The van der Waals surface area contributed by atoms with Crippen LogP contribution >= 0.6 is 0 Å². The van der Waals surface area contributed by atoms with Crippen molar-refractivity contribution in [2.45, 2.75) is 39.2 Å². The van der Waals surface area contributed by atoms with Crippen LogP contribution in [0.3, 0.4) is 0 Å². The number of amides is 1. The molecule has 204 valence electrons. The maximum Gasteiger partial charge on any atom is 0.311 e. The summed E-state index contributed by atoms with van der Waals surface area (Å²) in [4.78, 5) is 38.8. The molecule has 3 aromatic carbocycles. The Bertz CT molecular complexity index is 1590. The van der Waals surface area contributed by atoms with Crippen LogP contribution in [0.5, 0.6) is 11.5 Å². The molecule has 1 fully saturated rings. The zero-order valence-corrected chi connectivity index (χ0v) is 22.3. The predicted octanol–water partition coefficient (Wildman–Crippen LogP) is 5.49. The van der Waals surface area contributed by atoms with E-state index in [0.717, 1.165) is 22.6 Å². The van der Waals surface area contributed by atoms with Gasteiger partial charge in [-0.05, 0) is 66.4 Å². The van der Waals surface area contributed by atoms with Gasteiger partial charge in [-0.1, -0.05) is 26.8 Å². The van der Waals surface area contributed by atoms with E-state index in [4.69, 9.17) is 4.74 Å². The molecule has 0 aromatic heterocycles. The number of carbonyl (C=O) groups excluding carboxylic acids is 2. The third kappa shape index (κ3) is 4.97. The molecule has 0 aliphatic carbocycles. The number of nitro groups is 1. The van der Waals surface area contributed by atoms with E-state index in [1.807, 2.05) is 33.8 Å². The summed E-state index contributed by atoms with van der Waals surface area (Å²) in [6.45, 7) is 8.17. The molecule has 0 saturated carbocycles. The molecule has 1 unspecified atom stereocenters. The standard InChI is InChI=1S/C30H27N3O7/c1-5-40-24-13-9-19(14-21(24)30(2,3)4)27(35)25-26(18-8-12-23(34)22(15-18)33(38)39)32(29(37)28(25)36)20-10-6-17(16-31)7-11-20/h6-15,26,34-35H,5H2,1-4H3/b27-25-. The van der Waals surface area contributed by atoms with E-state index in [2.05, 4.69) is 0 Å². The molecular weight excluding hydrogens is 514 g/mol. The van der Waals surface area contributed by atoms with Crippen LogP contribution in [0.2, 0.25) is 0 Å². The van der Waals surface area contributed by atoms with Gasteiger partial charge in [-0.15, -0.1) is 0 Å². The van der Waals surface area contributed by atoms with Crippen LogP contribution < -0.4 is 9.64 Å². The summed E-state index contributed by atoms with van der Waals surface area (Å²) in [5.74, 6) is -2.41. The number of nitrogens with zero attached hydrogens (tertiary/aromatic N) is 3. The third-order valence-corrected chi connectivity index (χ3v) is 6.59. The van der Waals surface area contributed by atoms with E-state index in [0.29, 0.717) is 17.9 Å². The van der Waals surface area contributed by atoms with Gasteiger partial charge in [-0.2, -0.15) is 5.26 Å². The highest BCUT2D eigenvalue weighted by molar-refractivity contribution is 6.51. The van der Waals surface area contributed by atoms with Crippen LogP contribution in [0.25, 0.3) is 5.76 Å². The minimum Gasteiger partial charge on any atom is -0.507 e. The van der Waals surface area contributed by atoms with Crippen molar-refractivity contribution in [1.82, 2.24) is 0 Å². The summed E-state index contributed by atoms with van der Waals surface area (Å²) in [5, 5.41) is 42.3. The Labute approximate surface area is 230 Å². The zero-order chi connectivity index (χ0) is 29.4. The second-order valence-electron chi connectivity index (χ2n) is 10.2. The van der Waals surface area contributed by atoms with Gasteiger partial charge < -0.3 is 14.9 Å². The number of Topliss-reactive ketones (excluding diaryl/α,β-unsaturated/α-hetero) is 1. The highest BCUT2D eigenvalue weighted by atomic mass is 16.6. The summed E-state index contributed by atoms with van der Waals surface area (Å²) in [6, 6.07) is 15.0. The number of ether oxygens (including phenoxy) is 1. The lowest BCUT2D eigenvalue weighted by atomic mass is 9.84. The molecule has 10 heteroatoms. The molecule has 40 heavy (non-hydrogen) atoms. The number of aliphatic hydroxyl groups excluding tert-OH is 1. The molecule has 3 aromatic rings. The SMILES string of the molecule is CCOc1ccc(/C(O)=C2/C(=O)C(=O)N(c3ccc(C#N)cc3)C2c2ccc(O)c([N+](=O)[O-])c2)cc1C(C)(C)C. The maximum atomic E-state index is 13.5. The van der Waals surface area contributed by atoms with Gasteiger partial charge in [0.05, 0.1) is 34.8 Å². The first-order chi connectivity index (χ1) is 18.9. The number of nitro benzene ring substituents is 1. The summed E-state index contributed by atoms with van der Waals surface area (Å²) in [5.41, 5.74) is 0.395. The van der Waals surface area contributed by atoms with E-state index in [-0.39, 0.29) is 22.4 Å². The van der Waals surface area contributed by atoms with E-state index in [1.54, 1.807) is 18.2 Å². The van der Waals surface area contributed by atoms with Crippen molar-refractivity contribution in [3.8, 4) is 17.6 Å². The molecule has 1 saturated heterocycles. The number of benzene rings is 3. The first kappa shape index (κ1) is 27.9. The number of aliphatic hydroxyl groups is 1. The predicted molar refractivity (Wildman–Crippen MR) is 147 cm³/mol. The minimum atomic E-state index is -1.27. The highest BCUT2D eigenvalue weighted by Gasteiger charge is 2.47. The lowest BCUT2D eigenvalue weighted by Crippen LogP contribution is -2.29. The van der Waals surface area contributed by atoms with Gasteiger partial charge in [-0.25, -0.2) is 0 Å². The van der Waals surface area contributed by atoms with Crippen LogP contribution in [0.1, 0.15) is 56.0 Å². The van der Waals surface area contributed by atoms with Crippen molar-refractivity contribution in [2.24, 2.45) is 0 Å². The molecule has 4 rings (SSSR count). The van der Waals surface area contributed by atoms with Crippen LogP contribution in [-0.4, -0.2) is 33.4 Å². The number of carbonyl (C=O) groups is 2. The number of hydrogen-bond acceptors (Lipinski definition) is 8. The van der Waals surface area contributed by atoms with Crippen LogP contribution in [-0.2, 0) is 15.0 Å². The molecule has 1 aliphatic heterocycles. The van der Waals surface area contributed by atoms with Crippen molar-refractivity contribution in [2.75, 3.05) is 11.5 Å². The quantitative estimate of drug-likeness (QED) is 0.136. The molecule has 1 amide bonds. The fourth-order valence-corrected chi connectivity index (χ4v) is 4.67. The molecule has 10 nitrogen and oxygen atoms in total. The van der Waals surface area contributed by atoms with Crippen molar-refractivity contribution in [3.63, 3.8) is 0 Å². The van der Waals surface area contributed by atoms with Gasteiger partial charge in [0.25, 0.3) is 11.7 Å². The molecule has 0 bridgehead atoms. The molecule has 1 aliphatic rings. The largest absolute Gasteiger partial charge is 0.507 e. The van der Waals surface area contributed by atoms with E-state index in [9.17, 15) is 35.2 Å². The Balaban J connectivity index is 1.99. The summed E-state index contributed by atoms with van der Waals surface area (Å²) in [6.07, 6.45) is 0. The Hall–Kier alpha value is -5.17. The number of phenols is 1. The normalized spacial score (nSPS) is 16.6. The number of anilines is 1. The Morgan fingerprint density at radius 1 is 1.10 bits per heavy atom. The van der Waals surface area contributed by atoms with Crippen LogP contribution in [0.15, 0.2) is 66.2 Å². The summed E-state index contributed by atoms with van der Waals surface area (Å²) in [7, 11) is 0.